The number of methoxy groups -OCH3 is 1. The SMILES string of the molecule is COc1ccccc1-c1nn(CN(C)Cc2cccc(C#N)c2)c(=S)n1-c1ccc(C)cc1. The van der Waals surface area contributed by atoms with E-state index in [9.17, 15) is 5.26 Å². The Morgan fingerprint density at radius 2 is 1.82 bits per heavy atom. The predicted molar refractivity (Wildman–Crippen MR) is 132 cm³/mol. The second kappa shape index (κ2) is 9.82. The van der Waals surface area contributed by atoms with Crippen molar-refractivity contribution in [3.8, 4) is 28.9 Å². The van der Waals surface area contributed by atoms with Crippen LogP contribution in [0, 0.1) is 23.0 Å². The second-order valence-corrected chi connectivity index (χ2v) is 8.31. The molecule has 0 radical (unpaired) electrons. The van der Waals surface area contributed by atoms with E-state index >= 15 is 0 Å². The van der Waals surface area contributed by atoms with Crippen LogP contribution in [0.1, 0.15) is 16.7 Å². The Morgan fingerprint density at radius 3 is 2.55 bits per heavy atom. The summed E-state index contributed by atoms with van der Waals surface area (Å²) in [5.41, 5.74) is 4.71. The summed E-state index contributed by atoms with van der Waals surface area (Å²) in [4.78, 5) is 2.12. The molecule has 0 spiro atoms. The average Bonchev–Trinajstić information content (AvgIpc) is 3.15. The van der Waals surface area contributed by atoms with Crippen molar-refractivity contribution < 1.29 is 4.74 Å². The number of hydrogen-bond acceptors (Lipinski definition) is 5. The maximum absolute atomic E-state index is 9.17. The molecule has 0 fully saturated rings. The number of aryl methyl sites for hydroxylation is 1. The lowest BCUT2D eigenvalue weighted by Crippen LogP contribution is -2.22. The third kappa shape index (κ3) is 4.87. The smallest absolute Gasteiger partial charge is 0.204 e. The fourth-order valence-electron chi connectivity index (χ4n) is 3.76. The first-order valence-corrected chi connectivity index (χ1v) is 11.0. The molecule has 166 valence electrons. The molecule has 0 aliphatic heterocycles. The number of aromatic nitrogens is 3. The average molecular weight is 456 g/mol. The molecule has 0 amide bonds. The molecule has 0 saturated carbocycles. The molecule has 6 nitrogen and oxygen atoms in total. The Labute approximate surface area is 198 Å². The standard InChI is InChI=1S/C26H25N5OS/c1-19-11-13-22(14-12-19)31-25(23-9-4-5-10-24(23)32-3)28-30(26(31)33)18-29(2)17-21-8-6-7-20(15-21)16-27/h4-15H,17-18H2,1-3H3. The Balaban J connectivity index is 1.74. The van der Waals surface area contributed by atoms with E-state index < -0.39 is 0 Å². The van der Waals surface area contributed by atoms with Crippen LogP contribution in [0.2, 0.25) is 0 Å². The highest BCUT2D eigenvalue weighted by atomic mass is 32.1. The summed E-state index contributed by atoms with van der Waals surface area (Å²) in [6.45, 7) is 3.22. The molecule has 0 aliphatic rings. The number of hydrogen-bond donors (Lipinski definition) is 0. The zero-order valence-electron chi connectivity index (χ0n) is 18.9. The van der Waals surface area contributed by atoms with E-state index in [1.807, 2.05) is 77.0 Å². The maximum atomic E-state index is 9.17. The summed E-state index contributed by atoms with van der Waals surface area (Å²) in [6.07, 6.45) is 0. The molecule has 0 atom stereocenters. The van der Waals surface area contributed by atoms with Crippen LogP contribution in [0.25, 0.3) is 17.1 Å². The molecule has 3 aromatic carbocycles. The van der Waals surface area contributed by atoms with Crippen LogP contribution in [-0.4, -0.2) is 33.4 Å². The Morgan fingerprint density at radius 1 is 1.06 bits per heavy atom. The minimum absolute atomic E-state index is 0.497. The van der Waals surface area contributed by atoms with Crippen molar-refractivity contribution in [1.82, 2.24) is 19.2 Å². The van der Waals surface area contributed by atoms with Gasteiger partial charge < -0.3 is 4.74 Å². The second-order valence-electron chi connectivity index (χ2n) is 7.94. The van der Waals surface area contributed by atoms with Crippen LogP contribution >= 0.6 is 12.2 Å². The highest BCUT2D eigenvalue weighted by molar-refractivity contribution is 7.71. The van der Waals surface area contributed by atoms with Crippen LogP contribution < -0.4 is 4.74 Å². The molecule has 0 aliphatic carbocycles. The summed E-state index contributed by atoms with van der Waals surface area (Å²) in [5, 5.41) is 14.1. The van der Waals surface area contributed by atoms with Crippen molar-refractivity contribution in [2.24, 2.45) is 0 Å². The Kier molecular flexibility index (Phi) is 6.68. The van der Waals surface area contributed by atoms with Crippen molar-refractivity contribution in [1.29, 1.82) is 5.26 Å². The van der Waals surface area contributed by atoms with E-state index in [0.717, 1.165) is 28.4 Å². The van der Waals surface area contributed by atoms with Gasteiger partial charge in [0.05, 0.1) is 31.0 Å². The van der Waals surface area contributed by atoms with Gasteiger partial charge in [-0.15, -0.1) is 5.10 Å². The van der Waals surface area contributed by atoms with Gasteiger partial charge in [-0.2, -0.15) is 5.26 Å². The summed E-state index contributed by atoms with van der Waals surface area (Å²) in [5.74, 6) is 1.46. The molecule has 4 rings (SSSR count). The molecular formula is C26H25N5OS. The van der Waals surface area contributed by atoms with Crippen molar-refractivity contribution in [2.75, 3.05) is 14.2 Å². The molecule has 0 N–H and O–H groups in total. The lowest BCUT2D eigenvalue weighted by Gasteiger charge is -2.16. The van der Waals surface area contributed by atoms with Gasteiger partial charge in [-0.1, -0.05) is 42.0 Å². The summed E-state index contributed by atoms with van der Waals surface area (Å²) in [7, 11) is 3.66. The Bertz CT molecular complexity index is 1360. The van der Waals surface area contributed by atoms with Crippen LogP contribution in [0.4, 0.5) is 0 Å². The lowest BCUT2D eigenvalue weighted by atomic mass is 10.1. The van der Waals surface area contributed by atoms with Crippen LogP contribution in [0.3, 0.4) is 0 Å². The fraction of sp³-hybridized carbons (Fsp3) is 0.192. The minimum Gasteiger partial charge on any atom is -0.496 e. The van der Waals surface area contributed by atoms with Gasteiger partial charge in [0.25, 0.3) is 0 Å². The van der Waals surface area contributed by atoms with Crippen LogP contribution in [-0.2, 0) is 13.2 Å². The molecule has 0 bridgehead atoms. The van der Waals surface area contributed by atoms with E-state index in [1.165, 1.54) is 5.56 Å². The highest BCUT2D eigenvalue weighted by Crippen LogP contribution is 2.30. The van der Waals surface area contributed by atoms with E-state index in [4.69, 9.17) is 22.1 Å². The molecule has 0 saturated heterocycles. The van der Waals surface area contributed by atoms with Gasteiger partial charge in [-0.3, -0.25) is 9.47 Å². The van der Waals surface area contributed by atoms with Gasteiger partial charge >= 0.3 is 0 Å². The van der Waals surface area contributed by atoms with E-state index in [2.05, 4.69) is 30.0 Å². The molecule has 7 heteroatoms. The van der Waals surface area contributed by atoms with Gasteiger partial charge in [0, 0.05) is 12.2 Å². The molecule has 4 aromatic rings. The van der Waals surface area contributed by atoms with Crippen LogP contribution in [0.15, 0.2) is 72.8 Å². The van der Waals surface area contributed by atoms with Crippen molar-refractivity contribution in [3.05, 3.63) is 94.3 Å². The topological polar surface area (TPSA) is 59.0 Å². The summed E-state index contributed by atoms with van der Waals surface area (Å²) >= 11 is 5.88. The number of benzene rings is 3. The first-order chi connectivity index (χ1) is 16.0. The normalized spacial score (nSPS) is 10.9. The number of para-hydroxylation sites is 1. The number of ether oxygens (including phenoxy) is 1. The fourth-order valence-corrected chi connectivity index (χ4v) is 4.05. The molecule has 0 unspecified atom stereocenters. The summed E-state index contributed by atoms with van der Waals surface area (Å²) in [6, 6.07) is 25.9. The first kappa shape index (κ1) is 22.5. The van der Waals surface area contributed by atoms with Crippen molar-refractivity contribution in [3.63, 3.8) is 0 Å². The van der Waals surface area contributed by atoms with Crippen molar-refractivity contribution in [2.45, 2.75) is 20.1 Å². The largest absolute Gasteiger partial charge is 0.496 e. The minimum atomic E-state index is 0.497. The molecule has 1 heterocycles. The Hall–Kier alpha value is -3.73. The van der Waals surface area contributed by atoms with E-state index in [-0.39, 0.29) is 0 Å². The monoisotopic (exact) mass is 455 g/mol. The van der Waals surface area contributed by atoms with Gasteiger partial charge in [0.15, 0.2) is 5.82 Å². The molecular weight excluding hydrogens is 430 g/mol. The zero-order valence-corrected chi connectivity index (χ0v) is 19.7. The van der Waals surface area contributed by atoms with E-state index in [0.29, 0.717) is 23.5 Å². The number of rotatable bonds is 7. The zero-order chi connectivity index (χ0) is 23.4. The summed E-state index contributed by atoms with van der Waals surface area (Å²) < 4.78 is 10.0. The van der Waals surface area contributed by atoms with Crippen molar-refractivity contribution >= 4 is 12.2 Å². The lowest BCUT2D eigenvalue weighted by molar-refractivity contribution is 0.244. The van der Waals surface area contributed by atoms with Gasteiger partial charge in [0.1, 0.15) is 5.75 Å². The predicted octanol–water partition coefficient (Wildman–Crippen LogP) is 5.35. The van der Waals surface area contributed by atoms with Gasteiger partial charge in [-0.25, -0.2) is 4.68 Å². The van der Waals surface area contributed by atoms with E-state index in [1.54, 1.807) is 7.11 Å². The third-order valence-electron chi connectivity index (χ3n) is 5.36. The number of nitrogens with zero attached hydrogens (tertiary/aromatic N) is 5. The molecule has 1 aromatic heterocycles. The quantitative estimate of drug-likeness (QED) is 0.352. The molecule has 33 heavy (non-hydrogen) atoms. The third-order valence-corrected chi connectivity index (χ3v) is 5.76. The van der Waals surface area contributed by atoms with Crippen LogP contribution in [0.5, 0.6) is 5.75 Å². The number of nitriles is 1. The first-order valence-electron chi connectivity index (χ1n) is 10.6. The van der Waals surface area contributed by atoms with Gasteiger partial charge in [0.2, 0.25) is 4.77 Å². The maximum Gasteiger partial charge on any atom is 0.204 e. The highest BCUT2D eigenvalue weighted by Gasteiger charge is 2.18. The van der Waals surface area contributed by atoms with Gasteiger partial charge in [-0.05, 0) is 68.2 Å².